The minimum absolute atomic E-state index is 0.0887. The molecule has 0 unspecified atom stereocenters. The van der Waals surface area contributed by atoms with Crippen LogP contribution in [0, 0.1) is 0 Å². The van der Waals surface area contributed by atoms with Crippen LogP contribution in [0.15, 0.2) is 43.1 Å². The van der Waals surface area contributed by atoms with Crippen molar-refractivity contribution < 1.29 is 5.21 Å². The zero-order chi connectivity index (χ0) is 14.7. The van der Waals surface area contributed by atoms with Crippen molar-refractivity contribution in [3.05, 3.63) is 49.0 Å². The predicted octanol–water partition coefficient (Wildman–Crippen LogP) is 4.00. The SMILES string of the molecule is CN(Cc1csc(Br)c1)c1cccc(Br)c1/C(N)=N/O. The fourth-order valence-corrected chi connectivity index (χ4v) is 3.68. The van der Waals surface area contributed by atoms with E-state index in [1.807, 2.05) is 25.2 Å². The number of thiophene rings is 1. The third kappa shape index (κ3) is 3.34. The summed E-state index contributed by atoms with van der Waals surface area (Å²) in [5.41, 5.74) is 8.56. The number of amidine groups is 1. The Bertz CT molecular complexity index is 642. The molecule has 0 fully saturated rings. The van der Waals surface area contributed by atoms with Gasteiger partial charge in [-0.3, -0.25) is 0 Å². The van der Waals surface area contributed by atoms with Gasteiger partial charge in [0.2, 0.25) is 0 Å². The molecule has 0 radical (unpaired) electrons. The minimum Gasteiger partial charge on any atom is -0.409 e. The van der Waals surface area contributed by atoms with Crippen molar-refractivity contribution in [2.24, 2.45) is 10.9 Å². The molecular weight excluding hydrogens is 406 g/mol. The smallest absolute Gasteiger partial charge is 0.173 e. The molecule has 2 rings (SSSR count). The van der Waals surface area contributed by atoms with Crippen LogP contribution in [0.1, 0.15) is 11.1 Å². The van der Waals surface area contributed by atoms with Crippen molar-refractivity contribution in [2.45, 2.75) is 6.54 Å². The second-order valence-corrected chi connectivity index (χ2v) is 7.38. The van der Waals surface area contributed by atoms with E-state index >= 15 is 0 Å². The van der Waals surface area contributed by atoms with Gasteiger partial charge >= 0.3 is 0 Å². The fraction of sp³-hybridized carbons (Fsp3) is 0.154. The number of halogens is 2. The van der Waals surface area contributed by atoms with Gasteiger partial charge < -0.3 is 15.8 Å². The number of nitrogens with two attached hydrogens (primary N) is 1. The van der Waals surface area contributed by atoms with E-state index < -0.39 is 0 Å². The summed E-state index contributed by atoms with van der Waals surface area (Å²) in [7, 11) is 1.97. The maximum absolute atomic E-state index is 8.93. The van der Waals surface area contributed by atoms with Crippen LogP contribution < -0.4 is 10.6 Å². The standard InChI is InChI=1S/C13H13Br2N3OS/c1-18(6-8-5-11(15)20-7-8)10-4-2-3-9(14)12(10)13(16)17-19/h2-5,7,19H,6H2,1H3,(H2,16,17). The van der Waals surface area contributed by atoms with Gasteiger partial charge in [0.25, 0.3) is 0 Å². The third-order valence-corrected chi connectivity index (χ3v) is 5.02. The molecule has 1 aromatic heterocycles. The van der Waals surface area contributed by atoms with E-state index in [1.165, 1.54) is 5.56 Å². The van der Waals surface area contributed by atoms with E-state index in [-0.39, 0.29) is 5.84 Å². The number of rotatable bonds is 4. The van der Waals surface area contributed by atoms with Crippen LogP contribution in [0.5, 0.6) is 0 Å². The molecule has 0 saturated heterocycles. The Kier molecular flexibility index (Phi) is 5.06. The molecule has 4 nitrogen and oxygen atoms in total. The lowest BCUT2D eigenvalue weighted by molar-refractivity contribution is 0.318. The van der Waals surface area contributed by atoms with Crippen LogP contribution in [-0.2, 0) is 6.54 Å². The molecule has 3 N–H and O–H groups in total. The molecule has 0 spiro atoms. The topological polar surface area (TPSA) is 61.8 Å². The first-order valence-corrected chi connectivity index (χ1v) is 8.20. The number of benzene rings is 1. The van der Waals surface area contributed by atoms with Crippen LogP contribution in [0.3, 0.4) is 0 Å². The number of hydrogen-bond acceptors (Lipinski definition) is 4. The van der Waals surface area contributed by atoms with E-state index in [1.54, 1.807) is 11.3 Å². The average Bonchev–Trinajstić information content (AvgIpc) is 2.83. The van der Waals surface area contributed by atoms with Crippen LogP contribution >= 0.6 is 43.2 Å². The van der Waals surface area contributed by atoms with Gasteiger partial charge in [0, 0.05) is 23.8 Å². The van der Waals surface area contributed by atoms with E-state index in [9.17, 15) is 0 Å². The Hall–Kier alpha value is -1.05. The summed E-state index contributed by atoms with van der Waals surface area (Å²) in [6.45, 7) is 0.740. The van der Waals surface area contributed by atoms with E-state index in [4.69, 9.17) is 10.9 Å². The van der Waals surface area contributed by atoms with Crippen molar-refractivity contribution >= 4 is 54.7 Å². The highest BCUT2D eigenvalue weighted by Crippen LogP contribution is 2.29. The van der Waals surface area contributed by atoms with Crippen LogP contribution in [0.4, 0.5) is 5.69 Å². The molecule has 1 heterocycles. The largest absolute Gasteiger partial charge is 0.409 e. The molecular formula is C13H13Br2N3OS. The van der Waals surface area contributed by atoms with Gasteiger partial charge in [-0.15, -0.1) is 11.3 Å². The lowest BCUT2D eigenvalue weighted by atomic mass is 10.1. The molecule has 0 bridgehead atoms. The zero-order valence-electron chi connectivity index (χ0n) is 10.7. The summed E-state index contributed by atoms with van der Waals surface area (Å²) in [5, 5.41) is 14.1. The van der Waals surface area contributed by atoms with Gasteiger partial charge in [-0.2, -0.15) is 0 Å². The van der Waals surface area contributed by atoms with E-state index in [0.29, 0.717) is 5.56 Å². The van der Waals surface area contributed by atoms with E-state index in [2.05, 4.69) is 53.4 Å². The lowest BCUT2D eigenvalue weighted by Gasteiger charge is -2.22. The first kappa shape index (κ1) is 15.3. The summed E-state index contributed by atoms with van der Waals surface area (Å²) in [6, 6.07) is 7.82. The molecule has 0 aliphatic carbocycles. The fourth-order valence-electron chi connectivity index (χ4n) is 1.92. The molecule has 0 saturated carbocycles. The van der Waals surface area contributed by atoms with Crippen LogP contribution in [-0.4, -0.2) is 18.1 Å². The van der Waals surface area contributed by atoms with Crippen LogP contribution in [0.2, 0.25) is 0 Å². The zero-order valence-corrected chi connectivity index (χ0v) is 14.7. The van der Waals surface area contributed by atoms with Gasteiger partial charge in [0.15, 0.2) is 5.84 Å². The quantitative estimate of drug-likeness (QED) is 0.341. The molecule has 0 atom stereocenters. The maximum Gasteiger partial charge on any atom is 0.173 e. The summed E-state index contributed by atoms with van der Waals surface area (Å²) >= 11 is 8.55. The highest BCUT2D eigenvalue weighted by molar-refractivity contribution is 9.11. The Morgan fingerprint density at radius 3 is 2.80 bits per heavy atom. The Labute approximate surface area is 138 Å². The average molecular weight is 419 g/mol. The van der Waals surface area contributed by atoms with Crippen LogP contribution in [0.25, 0.3) is 0 Å². The van der Waals surface area contributed by atoms with Gasteiger partial charge in [0.1, 0.15) is 0 Å². The van der Waals surface area contributed by atoms with Gasteiger partial charge in [-0.05, 0) is 61.0 Å². The highest BCUT2D eigenvalue weighted by atomic mass is 79.9. The monoisotopic (exact) mass is 417 g/mol. The Morgan fingerprint density at radius 2 is 2.20 bits per heavy atom. The molecule has 7 heteroatoms. The molecule has 20 heavy (non-hydrogen) atoms. The predicted molar refractivity (Wildman–Crippen MR) is 90.8 cm³/mol. The number of nitrogens with zero attached hydrogens (tertiary/aromatic N) is 2. The maximum atomic E-state index is 8.93. The van der Waals surface area contributed by atoms with Gasteiger partial charge in [-0.1, -0.05) is 11.2 Å². The Balaban J connectivity index is 2.34. The molecule has 0 aliphatic heterocycles. The first-order chi connectivity index (χ1) is 9.52. The van der Waals surface area contributed by atoms with Gasteiger partial charge in [0.05, 0.1) is 9.35 Å². The molecule has 106 valence electrons. The highest BCUT2D eigenvalue weighted by Gasteiger charge is 2.15. The lowest BCUT2D eigenvalue weighted by Crippen LogP contribution is -2.23. The summed E-state index contributed by atoms with van der Waals surface area (Å²) in [6.07, 6.45) is 0. The second-order valence-electron chi connectivity index (χ2n) is 4.23. The van der Waals surface area contributed by atoms with Crippen molar-refractivity contribution in [3.8, 4) is 0 Å². The van der Waals surface area contributed by atoms with Crippen molar-refractivity contribution in [3.63, 3.8) is 0 Å². The molecule has 0 amide bonds. The van der Waals surface area contributed by atoms with E-state index in [0.717, 1.165) is 20.5 Å². The molecule has 2 aromatic rings. The number of hydrogen-bond donors (Lipinski definition) is 2. The summed E-state index contributed by atoms with van der Waals surface area (Å²) in [5.74, 6) is 0.0887. The molecule has 0 aliphatic rings. The number of oxime groups is 1. The Morgan fingerprint density at radius 1 is 1.45 bits per heavy atom. The molecule has 1 aromatic carbocycles. The summed E-state index contributed by atoms with van der Waals surface area (Å²) in [4.78, 5) is 2.06. The van der Waals surface area contributed by atoms with Gasteiger partial charge in [-0.25, -0.2) is 0 Å². The minimum atomic E-state index is 0.0887. The van der Waals surface area contributed by atoms with Crippen molar-refractivity contribution in [2.75, 3.05) is 11.9 Å². The normalized spacial score (nSPS) is 11.7. The number of anilines is 1. The van der Waals surface area contributed by atoms with Crippen molar-refractivity contribution in [1.82, 2.24) is 0 Å². The second kappa shape index (κ2) is 6.60. The summed E-state index contributed by atoms with van der Waals surface area (Å²) < 4.78 is 1.90. The van der Waals surface area contributed by atoms with Crippen molar-refractivity contribution in [1.29, 1.82) is 0 Å². The third-order valence-electron chi connectivity index (χ3n) is 2.81. The first-order valence-electron chi connectivity index (χ1n) is 5.73.